The van der Waals surface area contributed by atoms with E-state index in [4.69, 9.17) is 0 Å². The Hall–Kier alpha value is -2.91. The summed E-state index contributed by atoms with van der Waals surface area (Å²) in [4.78, 5) is 21.3. The zero-order valence-electron chi connectivity index (χ0n) is 15.6. The second-order valence-corrected chi connectivity index (χ2v) is 7.00. The molecule has 1 saturated heterocycles. The van der Waals surface area contributed by atoms with Gasteiger partial charge >= 0.3 is 6.18 Å². The third-order valence-electron chi connectivity index (χ3n) is 5.29. The number of carbonyl (C=O) groups is 1. The number of amides is 1. The highest BCUT2D eigenvalue weighted by molar-refractivity contribution is 5.80. The molecule has 2 aromatic rings. The monoisotopic (exact) mass is 409 g/mol. The molecule has 0 spiro atoms. The predicted octanol–water partition coefficient (Wildman–Crippen LogP) is 4.36. The van der Waals surface area contributed by atoms with Crippen LogP contribution >= 0.6 is 0 Å². The largest absolute Gasteiger partial charge is 0.421 e. The lowest BCUT2D eigenvalue weighted by atomic mass is 9.91. The molecule has 1 aromatic heterocycles. The minimum atomic E-state index is -4.56. The van der Waals surface area contributed by atoms with Crippen LogP contribution in [0.15, 0.2) is 24.4 Å². The van der Waals surface area contributed by atoms with E-state index in [0.717, 1.165) is 30.2 Å². The Balaban J connectivity index is 1.61. The number of nitrogens with zero attached hydrogens (tertiary/aromatic N) is 3. The summed E-state index contributed by atoms with van der Waals surface area (Å²) in [5.74, 6) is -0.796. The van der Waals surface area contributed by atoms with Crippen LogP contribution < -0.4 is 10.6 Å². The Morgan fingerprint density at radius 2 is 1.97 bits per heavy atom. The predicted molar refractivity (Wildman–Crippen MR) is 98.5 cm³/mol. The lowest BCUT2D eigenvalue weighted by Crippen LogP contribution is -2.29. The summed E-state index contributed by atoms with van der Waals surface area (Å²) in [6, 6.07) is 5.15. The Morgan fingerprint density at radius 1 is 1.24 bits per heavy atom. The highest BCUT2D eigenvalue weighted by Crippen LogP contribution is 2.53. The van der Waals surface area contributed by atoms with Gasteiger partial charge in [-0.2, -0.15) is 18.2 Å². The molecule has 1 fully saturated rings. The first-order valence-corrected chi connectivity index (χ1v) is 9.29. The van der Waals surface area contributed by atoms with Gasteiger partial charge in [-0.3, -0.25) is 4.79 Å². The van der Waals surface area contributed by atoms with Gasteiger partial charge in [0.25, 0.3) is 5.91 Å². The fourth-order valence-electron chi connectivity index (χ4n) is 4.16. The maximum Gasteiger partial charge on any atom is 0.421 e. The molecule has 154 valence electrons. The molecule has 0 saturated carbocycles. The van der Waals surface area contributed by atoms with Crippen LogP contribution in [0.3, 0.4) is 0 Å². The molecule has 0 aliphatic carbocycles. The summed E-state index contributed by atoms with van der Waals surface area (Å²) in [6.07, 6.45) is -2.27. The van der Waals surface area contributed by atoms with Crippen molar-refractivity contribution in [2.75, 3.05) is 23.9 Å². The molecule has 10 heteroatoms. The highest BCUT2D eigenvalue weighted by Gasteiger charge is 2.46. The summed E-state index contributed by atoms with van der Waals surface area (Å²) in [5, 5.41) is 5.53. The van der Waals surface area contributed by atoms with E-state index >= 15 is 0 Å². The van der Waals surface area contributed by atoms with Crippen LogP contribution in [0.2, 0.25) is 0 Å². The zero-order chi connectivity index (χ0) is 20.8. The van der Waals surface area contributed by atoms with Crippen LogP contribution in [0.1, 0.15) is 48.5 Å². The number of nitrogens with one attached hydrogen (secondary N) is 2. The molecule has 0 unspecified atom stereocenters. The van der Waals surface area contributed by atoms with Crippen molar-refractivity contribution in [1.29, 1.82) is 0 Å². The zero-order valence-corrected chi connectivity index (χ0v) is 15.6. The first-order valence-electron chi connectivity index (χ1n) is 9.29. The molecule has 2 bridgehead atoms. The van der Waals surface area contributed by atoms with Crippen molar-refractivity contribution < 1.29 is 22.4 Å². The molecule has 6 nitrogen and oxygen atoms in total. The van der Waals surface area contributed by atoms with Crippen molar-refractivity contribution in [2.24, 2.45) is 0 Å². The van der Waals surface area contributed by atoms with E-state index in [-0.39, 0.29) is 30.4 Å². The smallest absolute Gasteiger partial charge is 0.370 e. The van der Waals surface area contributed by atoms with Crippen molar-refractivity contribution >= 4 is 23.4 Å². The molecule has 29 heavy (non-hydrogen) atoms. The van der Waals surface area contributed by atoms with E-state index in [1.807, 2.05) is 12.1 Å². The summed E-state index contributed by atoms with van der Waals surface area (Å²) >= 11 is 0. The topological polar surface area (TPSA) is 70.2 Å². The van der Waals surface area contributed by atoms with Crippen molar-refractivity contribution in [2.45, 2.75) is 38.0 Å². The van der Waals surface area contributed by atoms with Gasteiger partial charge in [0.1, 0.15) is 11.4 Å². The van der Waals surface area contributed by atoms with Crippen LogP contribution in [-0.4, -0.2) is 34.0 Å². The number of rotatable bonds is 5. The molecule has 2 aliphatic rings. The maximum atomic E-state index is 13.1. The van der Waals surface area contributed by atoms with E-state index in [9.17, 15) is 22.4 Å². The molecular weight excluding hydrogens is 390 g/mol. The molecule has 3 heterocycles. The first kappa shape index (κ1) is 19.4. The molecule has 2 N–H and O–H groups in total. The molecule has 2 atom stereocenters. The lowest BCUT2D eigenvalue weighted by molar-refractivity contribution is -0.137. The minimum absolute atomic E-state index is 0.0220. The third-order valence-corrected chi connectivity index (χ3v) is 5.29. The molecule has 0 radical (unpaired) electrons. The average Bonchev–Trinajstić information content (AvgIpc) is 3.24. The average molecular weight is 409 g/mol. The van der Waals surface area contributed by atoms with E-state index in [1.165, 1.54) is 0 Å². The van der Waals surface area contributed by atoms with E-state index < -0.39 is 24.3 Å². The van der Waals surface area contributed by atoms with Gasteiger partial charge in [-0.25, -0.2) is 9.37 Å². The number of aromatic nitrogens is 2. The van der Waals surface area contributed by atoms with E-state index in [1.54, 1.807) is 17.9 Å². The Labute approximate surface area is 164 Å². The molecule has 4 rings (SSSR count). The van der Waals surface area contributed by atoms with E-state index in [0.29, 0.717) is 5.69 Å². The number of anilines is 3. The van der Waals surface area contributed by atoms with Gasteiger partial charge in [-0.15, -0.1) is 0 Å². The number of hydrogen-bond acceptors (Lipinski definition) is 5. The van der Waals surface area contributed by atoms with Crippen LogP contribution in [0.25, 0.3) is 0 Å². The lowest BCUT2D eigenvalue weighted by Gasteiger charge is -2.20. The van der Waals surface area contributed by atoms with Gasteiger partial charge in [-0.05, 0) is 43.0 Å². The summed E-state index contributed by atoms with van der Waals surface area (Å²) in [6.45, 7) is 0.925. The van der Waals surface area contributed by atoms with Crippen LogP contribution in [0.5, 0.6) is 0 Å². The molecular formula is C19H19F4N5O. The molecule has 2 aliphatic heterocycles. The normalized spacial score (nSPS) is 20.0. The summed E-state index contributed by atoms with van der Waals surface area (Å²) < 4.78 is 52.2. The van der Waals surface area contributed by atoms with Crippen molar-refractivity contribution in [3.05, 3.63) is 41.1 Å². The van der Waals surface area contributed by atoms with Crippen molar-refractivity contribution in [3.8, 4) is 0 Å². The maximum absolute atomic E-state index is 13.1. The van der Waals surface area contributed by atoms with Crippen LogP contribution in [-0.2, 0) is 11.0 Å². The van der Waals surface area contributed by atoms with Gasteiger partial charge in [0.15, 0.2) is 6.67 Å². The number of halogens is 4. The fourth-order valence-corrected chi connectivity index (χ4v) is 4.16. The summed E-state index contributed by atoms with van der Waals surface area (Å²) in [5.41, 5.74) is 1.56. The number of carbonyl (C=O) groups excluding carboxylic acids is 1. The van der Waals surface area contributed by atoms with Gasteiger partial charge in [0.05, 0.1) is 12.1 Å². The van der Waals surface area contributed by atoms with Gasteiger partial charge in [0, 0.05) is 18.4 Å². The Bertz CT molecular complexity index is 949. The second kappa shape index (κ2) is 7.16. The quantitative estimate of drug-likeness (QED) is 0.719. The number of fused-ring (bicyclic) bond motifs is 5. The standard InChI is InChI=1S/C19H19F4N5O/c1-2-24-17-13(19(21,22)23)9-25-18(27-17)26-10-3-4-11-12(7-10)15-6-5-14(11)28(15)16(29)8-20/h3-4,7,9,14-15H,2,5-6,8H2,1H3,(H2,24,25,26,27)/t14-,15+/m0/s1. The minimum Gasteiger partial charge on any atom is -0.370 e. The Kier molecular flexibility index (Phi) is 4.79. The second-order valence-electron chi connectivity index (χ2n) is 7.00. The number of alkyl halides is 4. The fraction of sp³-hybridized carbons (Fsp3) is 0.421. The van der Waals surface area contributed by atoms with Crippen LogP contribution in [0.4, 0.5) is 35.0 Å². The molecule has 1 aromatic carbocycles. The SMILES string of the molecule is CCNc1nc(Nc2ccc3c(c2)[C@H]2CC[C@@H]3N2C(=O)CF)ncc1C(F)(F)F. The highest BCUT2D eigenvalue weighted by atomic mass is 19.4. The third kappa shape index (κ3) is 3.36. The van der Waals surface area contributed by atoms with Gasteiger partial charge in [-0.1, -0.05) is 6.07 Å². The van der Waals surface area contributed by atoms with Crippen molar-refractivity contribution in [3.63, 3.8) is 0 Å². The number of hydrogen-bond donors (Lipinski definition) is 2. The summed E-state index contributed by atoms with van der Waals surface area (Å²) in [7, 11) is 0. The first-order chi connectivity index (χ1) is 13.8. The number of benzene rings is 1. The van der Waals surface area contributed by atoms with Gasteiger partial charge in [0.2, 0.25) is 5.95 Å². The van der Waals surface area contributed by atoms with Crippen LogP contribution in [0, 0.1) is 0 Å². The van der Waals surface area contributed by atoms with E-state index in [2.05, 4.69) is 20.6 Å². The Morgan fingerprint density at radius 3 is 2.62 bits per heavy atom. The molecule has 1 amide bonds. The van der Waals surface area contributed by atoms with Crippen molar-refractivity contribution in [1.82, 2.24) is 14.9 Å². The van der Waals surface area contributed by atoms with Gasteiger partial charge < -0.3 is 15.5 Å².